The molecule has 3 heteroatoms. The third kappa shape index (κ3) is 6.13. The summed E-state index contributed by atoms with van der Waals surface area (Å²) in [6.07, 6.45) is 6.08. The van der Waals surface area contributed by atoms with Crippen LogP contribution in [0.15, 0.2) is 23.1 Å². The SMILES string of the molecule is CCCCCCC(C)C#Cc1ccc(SC#N)c(F)c1. The Morgan fingerprint density at radius 1 is 1.30 bits per heavy atom. The number of thiocyanates is 1. The van der Waals surface area contributed by atoms with Gasteiger partial charge in [-0.3, -0.25) is 0 Å². The fourth-order valence-corrected chi connectivity index (χ4v) is 2.26. The minimum Gasteiger partial charge on any atom is -0.206 e. The Morgan fingerprint density at radius 2 is 2.10 bits per heavy atom. The lowest BCUT2D eigenvalue weighted by molar-refractivity contribution is 0.571. The molecule has 0 aliphatic rings. The maximum Gasteiger partial charge on any atom is 0.139 e. The Labute approximate surface area is 125 Å². The van der Waals surface area contributed by atoms with Gasteiger partial charge < -0.3 is 0 Å². The number of halogens is 1. The summed E-state index contributed by atoms with van der Waals surface area (Å²) >= 11 is 0.833. The first kappa shape index (κ1) is 16.6. The van der Waals surface area contributed by atoms with Crippen LogP contribution in [0.2, 0.25) is 0 Å². The van der Waals surface area contributed by atoms with Crippen molar-refractivity contribution in [3.63, 3.8) is 0 Å². The maximum absolute atomic E-state index is 13.6. The molecule has 1 aromatic carbocycles. The van der Waals surface area contributed by atoms with Crippen molar-refractivity contribution in [2.24, 2.45) is 5.92 Å². The van der Waals surface area contributed by atoms with Gasteiger partial charge in [-0.2, -0.15) is 5.26 Å². The first-order valence-corrected chi connectivity index (χ1v) is 7.86. The Hall–Kier alpha value is -1.45. The van der Waals surface area contributed by atoms with Crippen molar-refractivity contribution >= 4 is 11.8 Å². The molecule has 0 amide bonds. The van der Waals surface area contributed by atoms with Gasteiger partial charge >= 0.3 is 0 Å². The number of unbranched alkanes of at least 4 members (excludes halogenated alkanes) is 3. The highest BCUT2D eigenvalue weighted by Crippen LogP contribution is 2.21. The lowest BCUT2D eigenvalue weighted by Crippen LogP contribution is -1.91. The van der Waals surface area contributed by atoms with Crippen molar-refractivity contribution in [3.05, 3.63) is 29.6 Å². The fourth-order valence-electron chi connectivity index (χ4n) is 1.87. The van der Waals surface area contributed by atoms with E-state index in [2.05, 4.69) is 25.7 Å². The smallest absolute Gasteiger partial charge is 0.139 e. The summed E-state index contributed by atoms with van der Waals surface area (Å²) in [5.41, 5.74) is 0.671. The third-order valence-corrected chi connectivity index (χ3v) is 3.68. The van der Waals surface area contributed by atoms with Crippen molar-refractivity contribution in [1.29, 1.82) is 5.26 Å². The van der Waals surface area contributed by atoms with E-state index in [4.69, 9.17) is 5.26 Å². The van der Waals surface area contributed by atoms with Crippen LogP contribution in [0.3, 0.4) is 0 Å². The van der Waals surface area contributed by atoms with Crippen LogP contribution in [0, 0.1) is 34.2 Å². The van der Waals surface area contributed by atoms with Crippen LogP contribution in [0.25, 0.3) is 0 Å². The van der Waals surface area contributed by atoms with Crippen molar-refractivity contribution in [2.45, 2.75) is 50.8 Å². The van der Waals surface area contributed by atoms with Crippen LogP contribution in [0.4, 0.5) is 4.39 Å². The second-order valence-electron chi connectivity index (χ2n) is 4.86. The van der Waals surface area contributed by atoms with Crippen LogP contribution in [0.5, 0.6) is 0 Å². The van der Waals surface area contributed by atoms with Crippen LogP contribution >= 0.6 is 11.8 Å². The normalized spacial score (nSPS) is 11.3. The Bertz CT molecular complexity index is 522. The second kappa shape index (κ2) is 9.45. The van der Waals surface area contributed by atoms with Gasteiger partial charge in [0.15, 0.2) is 0 Å². The Morgan fingerprint density at radius 3 is 2.75 bits per heavy atom. The molecule has 0 heterocycles. The molecular weight excluding hydrogens is 269 g/mol. The molecule has 1 aromatic rings. The third-order valence-electron chi connectivity index (χ3n) is 3.04. The van der Waals surface area contributed by atoms with Gasteiger partial charge in [0, 0.05) is 11.5 Å². The molecule has 0 aliphatic heterocycles. The summed E-state index contributed by atoms with van der Waals surface area (Å²) in [4.78, 5) is 0.352. The maximum atomic E-state index is 13.6. The van der Waals surface area contributed by atoms with E-state index in [1.54, 1.807) is 12.1 Å². The average Bonchev–Trinajstić information content (AvgIpc) is 2.44. The van der Waals surface area contributed by atoms with Gasteiger partial charge in [-0.15, -0.1) is 0 Å². The summed E-state index contributed by atoms with van der Waals surface area (Å²) in [6.45, 7) is 4.31. The molecule has 106 valence electrons. The van der Waals surface area contributed by atoms with Crippen LogP contribution in [-0.4, -0.2) is 0 Å². The number of nitrogens with zero attached hydrogens (tertiary/aromatic N) is 1. The summed E-state index contributed by atoms with van der Waals surface area (Å²) in [6, 6.07) is 4.77. The van der Waals surface area contributed by atoms with E-state index in [0.717, 1.165) is 18.2 Å². The lowest BCUT2D eigenvalue weighted by atomic mass is 10.0. The van der Waals surface area contributed by atoms with E-state index >= 15 is 0 Å². The molecule has 0 saturated carbocycles. The van der Waals surface area contributed by atoms with Gasteiger partial charge in [0.2, 0.25) is 0 Å². The molecule has 0 N–H and O–H groups in total. The fraction of sp³-hybridized carbons (Fsp3) is 0.471. The van der Waals surface area contributed by atoms with Crippen molar-refractivity contribution < 1.29 is 4.39 Å². The first-order chi connectivity index (χ1) is 9.67. The quantitative estimate of drug-likeness (QED) is 0.305. The number of hydrogen-bond acceptors (Lipinski definition) is 2. The number of thioether (sulfide) groups is 1. The Kier molecular flexibility index (Phi) is 7.85. The van der Waals surface area contributed by atoms with Crippen LogP contribution in [0.1, 0.15) is 51.5 Å². The highest BCUT2D eigenvalue weighted by molar-refractivity contribution is 8.03. The average molecular weight is 289 g/mol. The predicted molar refractivity (Wildman–Crippen MR) is 82.7 cm³/mol. The number of hydrogen-bond donors (Lipinski definition) is 0. The zero-order chi connectivity index (χ0) is 14.8. The molecule has 1 unspecified atom stereocenters. The van der Waals surface area contributed by atoms with E-state index in [0.29, 0.717) is 16.4 Å². The van der Waals surface area contributed by atoms with Gasteiger partial charge in [-0.1, -0.05) is 51.4 Å². The molecule has 1 nitrogen and oxygen atoms in total. The second-order valence-corrected chi connectivity index (χ2v) is 5.68. The summed E-state index contributed by atoms with van der Waals surface area (Å²) in [7, 11) is 0. The van der Waals surface area contributed by atoms with Gasteiger partial charge in [0.25, 0.3) is 0 Å². The minimum atomic E-state index is -0.376. The highest BCUT2D eigenvalue weighted by atomic mass is 32.2. The van der Waals surface area contributed by atoms with Crippen molar-refractivity contribution in [1.82, 2.24) is 0 Å². The van der Waals surface area contributed by atoms with Gasteiger partial charge in [0.1, 0.15) is 11.2 Å². The molecule has 0 aliphatic carbocycles. The van der Waals surface area contributed by atoms with E-state index in [9.17, 15) is 4.39 Å². The number of nitriles is 1. The molecule has 1 rings (SSSR count). The molecule has 0 saturated heterocycles. The standard InChI is InChI=1S/C17H20FNS/c1-3-4-5-6-7-14(2)8-9-15-10-11-17(20-13-19)16(18)12-15/h10-12,14H,3-7H2,1-2H3. The van der Waals surface area contributed by atoms with Gasteiger partial charge in [-0.05, 0) is 36.4 Å². The summed E-state index contributed by atoms with van der Waals surface area (Å²) in [5.74, 6) is 6.14. The van der Waals surface area contributed by atoms with Crippen molar-refractivity contribution in [3.8, 4) is 17.2 Å². The monoisotopic (exact) mass is 289 g/mol. The number of rotatable bonds is 6. The molecule has 20 heavy (non-hydrogen) atoms. The molecule has 1 atom stereocenters. The van der Waals surface area contributed by atoms with Gasteiger partial charge in [-0.25, -0.2) is 4.39 Å². The topological polar surface area (TPSA) is 23.8 Å². The van der Waals surface area contributed by atoms with E-state index < -0.39 is 0 Å². The summed E-state index contributed by atoms with van der Waals surface area (Å²) < 4.78 is 13.6. The minimum absolute atomic E-state index is 0.336. The lowest BCUT2D eigenvalue weighted by Gasteiger charge is -2.03. The molecule has 0 fully saturated rings. The molecule has 0 bridgehead atoms. The molecular formula is C17H20FNS. The molecule has 0 radical (unpaired) electrons. The van der Waals surface area contributed by atoms with Crippen LogP contribution in [-0.2, 0) is 0 Å². The summed E-state index contributed by atoms with van der Waals surface area (Å²) in [5, 5.41) is 10.4. The number of benzene rings is 1. The van der Waals surface area contributed by atoms with Crippen LogP contribution < -0.4 is 0 Å². The highest BCUT2D eigenvalue weighted by Gasteiger charge is 2.03. The predicted octanol–water partition coefficient (Wildman–Crippen LogP) is 5.36. The zero-order valence-electron chi connectivity index (χ0n) is 12.1. The van der Waals surface area contributed by atoms with E-state index in [-0.39, 0.29) is 5.82 Å². The zero-order valence-corrected chi connectivity index (χ0v) is 12.9. The Balaban J connectivity index is 2.54. The first-order valence-electron chi connectivity index (χ1n) is 7.04. The molecule has 0 spiro atoms. The van der Waals surface area contributed by atoms with Gasteiger partial charge in [0.05, 0.1) is 4.90 Å². The van der Waals surface area contributed by atoms with E-state index in [1.165, 1.54) is 31.7 Å². The van der Waals surface area contributed by atoms with Crippen molar-refractivity contribution in [2.75, 3.05) is 0 Å². The van der Waals surface area contributed by atoms with E-state index in [1.807, 2.05) is 5.40 Å². The molecule has 0 aromatic heterocycles. The largest absolute Gasteiger partial charge is 0.206 e.